The number of benzene rings is 9. The molecule has 19 rings (SSSR count). The van der Waals surface area contributed by atoms with E-state index in [1.54, 1.807) is 0 Å². The van der Waals surface area contributed by atoms with Crippen LogP contribution in [0, 0.1) is 39.0 Å². The summed E-state index contributed by atoms with van der Waals surface area (Å²) in [4.78, 5) is 85.4. The van der Waals surface area contributed by atoms with Crippen LogP contribution >= 0.6 is 0 Å². The molecule has 26 heteroatoms. The number of fused-ring (bicyclic) bond motifs is 6. The van der Waals surface area contributed by atoms with Crippen molar-refractivity contribution in [3.05, 3.63) is 220 Å². The van der Waals surface area contributed by atoms with E-state index >= 15 is 0 Å². The van der Waals surface area contributed by atoms with E-state index in [1.165, 1.54) is 45.1 Å². The summed E-state index contributed by atoms with van der Waals surface area (Å²) in [5, 5.41) is 20.1. The lowest BCUT2D eigenvalue weighted by Crippen LogP contribution is -2.49. The maximum Gasteiger partial charge on any atom is 0.339 e. The maximum absolute atomic E-state index is 14.0. The van der Waals surface area contributed by atoms with Gasteiger partial charge in [-0.2, -0.15) is 5.26 Å². The SMILES string of the molecule is COC(=O)C(OC(C)(C)C)c1c2c(c(C#N)c(C)c1-c1ccc3c(c1)CCCO3)NCCC2.COC(=O)C(OC(C)(C)C)c1c2c(c(CN)c(C)c1-c1ccc3c(c1)CCCO3)NCCC2.COC(=O)C(OC(C)(C)C)c1c2c3c(c(C)c1-c1ccc4c(c1)CCCO4)CN(Cc1ccccc1)C(=O)N3CCC2.COC(=O)C(OC(C)(C)C)c1c2c3c(c(C)c1-c1ccc4c(c1)CCCO4)CNC(=O)N3CCC2. The molecule has 0 saturated heterocycles. The van der Waals surface area contributed by atoms with Crippen LogP contribution in [0.4, 0.5) is 32.3 Å². The van der Waals surface area contributed by atoms with Gasteiger partial charge in [-0.3, -0.25) is 9.80 Å². The third-order valence-electron chi connectivity index (χ3n) is 28.3. The molecule has 26 nitrogen and oxygen atoms in total. The number of esters is 4. The number of ether oxygens (including phenoxy) is 12. The lowest BCUT2D eigenvalue weighted by atomic mass is 9.79. The second-order valence-electron chi connectivity index (χ2n) is 42.6. The molecule has 758 valence electrons. The summed E-state index contributed by atoms with van der Waals surface area (Å²) in [5.74, 6) is 1.99. The smallest absolute Gasteiger partial charge is 0.339 e. The lowest BCUT2D eigenvalue weighted by molar-refractivity contribution is -0.164. The van der Waals surface area contributed by atoms with Crippen LogP contribution in [0.1, 0.15) is 276 Å². The number of methoxy groups -OCH3 is 4. The Kier molecular flexibility index (Phi) is 31.2. The molecule has 9 aromatic carbocycles. The zero-order valence-corrected chi connectivity index (χ0v) is 87.1. The fourth-order valence-corrected chi connectivity index (χ4v) is 22.3. The van der Waals surface area contributed by atoms with Crippen molar-refractivity contribution in [2.75, 3.05) is 101 Å². The Morgan fingerprint density at radius 1 is 0.413 bits per heavy atom. The van der Waals surface area contributed by atoms with E-state index in [0.717, 1.165) is 327 Å². The number of hydrogen-bond acceptors (Lipinski definition) is 22. The predicted octanol–water partition coefficient (Wildman–Crippen LogP) is 22.0. The Hall–Kier alpha value is -12.5. The van der Waals surface area contributed by atoms with Gasteiger partial charge in [0.2, 0.25) is 0 Å². The minimum absolute atomic E-state index is 0.00249. The number of aryl methyl sites for hydroxylation is 4. The standard InChI is InChI=1S/C35H40N2O5.C28H34N2O5.C27H36N2O4.C27H32N2O4/c1-22-27-21-36(20-23-11-7-6-8-12-23)34(39)37-17-9-14-26(31(27)37)30(32(33(38)40-5)42-35(2,3)4)29(22)25-15-16-28-24(19-25)13-10-18-41-28;1-16-20-15-29-27(32)30-12-6-9-19(24(20)30)23(25(26(31)33-5)35-28(2,3)4)22(16)18-10-11-21-17(14-18)8-7-13-34-21;2*1-16-20(15-28)24-19(9-6-12-29-24)23(25(26(30)31-5)33-27(2,3)4)22(16)18-10-11-21-17(14-18)8-7-13-32-21/h6-8,11-12,15-16,19,32H,9-10,13-14,17-18,20-21H2,1-5H3;10-11,14,25H,6-9,12-13,15H2,1-5H3,(H,29,32);10-11,14,25,29H,6-9,12-13,15,28H2,1-5H3;10-11,14,25,29H,6-9,12-13H2,1-5H3. The number of carbonyl (C=O) groups excluding carboxylic acids is 6. The number of nitrogens with one attached hydrogen (secondary N) is 3. The number of carbonyl (C=O) groups is 6. The van der Waals surface area contributed by atoms with Crippen LogP contribution in [-0.4, -0.2) is 144 Å². The molecule has 0 spiro atoms. The normalized spacial score (nSPS) is 16.7. The zero-order valence-electron chi connectivity index (χ0n) is 87.1. The number of amides is 4. The topological polar surface area (TPSA) is 309 Å². The van der Waals surface area contributed by atoms with Crippen molar-refractivity contribution in [2.45, 2.75) is 287 Å². The van der Waals surface area contributed by atoms with Crippen molar-refractivity contribution >= 4 is 58.7 Å². The van der Waals surface area contributed by atoms with Crippen LogP contribution in [0.15, 0.2) is 103 Å². The van der Waals surface area contributed by atoms with Crippen LogP contribution in [0.5, 0.6) is 23.0 Å². The van der Waals surface area contributed by atoms with Crippen LogP contribution in [0.3, 0.4) is 0 Å². The van der Waals surface area contributed by atoms with Gasteiger partial charge < -0.3 is 83.4 Å². The molecule has 4 atom stereocenters. The van der Waals surface area contributed by atoms with E-state index in [9.17, 15) is 34.0 Å². The number of nitriles is 1. The number of anilines is 4. The first-order valence-electron chi connectivity index (χ1n) is 50.9. The Bertz CT molecular complexity index is 6420. The third kappa shape index (κ3) is 21.8. The van der Waals surface area contributed by atoms with Crippen molar-refractivity contribution in [1.82, 2.24) is 10.2 Å². The summed E-state index contributed by atoms with van der Waals surface area (Å²) < 4.78 is 70.2. The van der Waals surface area contributed by atoms with Gasteiger partial charge in [-0.1, -0.05) is 54.6 Å². The molecule has 0 fully saturated rings. The summed E-state index contributed by atoms with van der Waals surface area (Å²) in [6.07, 6.45) is 10.8. The van der Waals surface area contributed by atoms with E-state index in [-0.39, 0.29) is 18.0 Å². The number of hydrogen-bond donors (Lipinski definition) is 4. The first-order chi connectivity index (χ1) is 68.3. The van der Waals surface area contributed by atoms with Crippen LogP contribution in [0.25, 0.3) is 44.5 Å². The largest absolute Gasteiger partial charge is 0.493 e. The van der Waals surface area contributed by atoms with E-state index in [1.807, 2.05) is 153 Å². The Morgan fingerprint density at radius 2 is 0.762 bits per heavy atom. The molecule has 0 aromatic heterocycles. The Balaban J connectivity index is 0.000000138. The number of nitrogens with two attached hydrogens (primary N) is 1. The minimum atomic E-state index is -0.936. The summed E-state index contributed by atoms with van der Waals surface area (Å²) in [7, 11) is 5.61. The van der Waals surface area contributed by atoms with Crippen molar-refractivity contribution in [1.29, 1.82) is 5.26 Å². The van der Waals surface area contributed by atoms with Gasteiger partial charge >= 0.3 is 35.9 Å². The molecule has 10 aliphatic heterocycles. The van der Waals surface area contributed by atoms with Crippen molar-refractivity contribution in [3.8, 4) is 73.6 Å². The van der Waals surface area contributed by atoms with E-state index < -0.39 is 64.7 Å². The molecule has 5 N–H and O–H groups in total. The summed E-state index contributed by atoms with van der Waals surface area (Å²) in [6, 6.07) is 37.6. The fourth-order valence-electron chi connectivity index (χ4n) is 22.3. The molecule has 143 heavy (non-hydrogen) atoms. The molecule has 0 aliphatic carbocycles. The van der Waals surface area contributed by atoms with Crippen LogP contribution in [0.2, 0.25) is 0 Å². The van der Waals surface area contributed by atoms with Gasteiger partial charge in [0, 0.05) is 73.8 Å². The highest BCUT2D eigenvalue weighted by molar-refractivity contribution is 6.02. The molecule has 0 saturated carbocycles. The van der Waals surface area contributed by atoms with Gasteiger partial charge in [0.25, 0.3) is 0 Å². The van der Waals surface area contributed by atoms with Crippen LogP contribution < -0.4 is 50.4 Å². The first-order valence-corrected chi connectivity index (χ1v) is 50.9. The molecule has 0 bridgehead atoms. The zero-order chi connectivity index (χ0) is 102. The highest BCUT2D eigenvalue weighted by Crippen LogP contribution is 2.55. The van der Waals surface area contributed by atoms with E-state index in [0.29, 0.717) is 44.8 Å². The third-order valence-corrected chi connectivity index (χ3v) is 28.3. The average molecular weight is 1950 g/mol. The number of rotatable bonds is 19. The van der Waals surface area contributed by atoms with Crippen molar-refractivity contribution in [2.24, 2.45) is 5.73 Å². The quantitative estimate of drug-likeness (QED) is 0.0432. The molecule has 4 amide bonds. The minimum Gasteiger partial charge on any atom is -0.493 e. The molecule has 10 aliphatic rings. The van der Waals surface area contributed by atoms with Gasteiger partial charge in [0.1, 0.15) is 29.1 Å². The molecule has 4 unspecified atom stereocenters. The average Bonchev–Trinajstić information content (AvgIpc) is 0.717. The Labute approximate surface area is 842 Å². The van der Waals surface area contributed by atoms with Gasteiger partial charge in [0.05, 0.1) is 106 Å². The fraction of sp³-hybridized carbons (Fsp3) is 0.479. The Morgan fingerprint density at radius 3 is 1.15 bits per heavy atom. The summed E-state index contributed by atoms with van der Waals surface area (Å²) in [5.41, 5.74) is 36.8. The lowest BCUT2D eigenvalue weighted by Gasteiger charge is -2.43. The number of urea groups is 2. The number of nitrogens with zero attached hydrogens (tertiary/aromatic N) is 4. The maximum atomic E-state index is 14.0. The molecular weight excluding hydrogens is 1810 g/mol. The van der Waals surface area contributed by atoms with E-state index in [4.69, 9.17) is 62.6 Å². The highest BCUT2D eigenvalue weighted by Gasteiger charge is 2.46. The van der Waals surface area contributed by atoms with Crippen LogP contribution in [-0.2, 0) is 135 Å². The molecular formula is C117H142N8O18. The second-order valence-corrected chi connectivity index (χ2v) is 42.6. The molecule has 9 aromatic rings. The van der Waals surface area contributed by atoms with Gasteiger partial charge in [-0.05, 0) is 396 Å². The van der Waals surface area contributed by atoms with Gasteiger partial charge in [-0.25, -0.2) is 28.8 Å². The summed E-state index contributed by atoms with van der Waals surface area (Å²) in [6.45, 7) is 39.5. The first kappa shape index (κ1) is 103. The van der Waals surface area contributed by atoms with Crippen molar-refractivity contribution < 1.29 is 85.6 Å². The van der Waals surface area contributed by atoms with Gasteiger partial charge in [-0.15, -0.1) is 0 Å². The highest BCUT2D eigenvalue weighted by atomic mass is 16.6. The molecule has 0 radical (unpaired) electrons. The van der Waals surface area contributed by atoms with Gasteiger partial charge in [0.15, 0.2) is 24.4 Å². The molecule has 10 heterocycles. The second kappa shape index (κ2) is 43.2. The monoisotopic (exact) mass is 1950 g/mol. The predicted molar refractivity (Wildman–Crippen MR) is 555 cm³/mol. The van der Waals surface area contributed by atoms with E-state index in [2.05, 4.69) is 97.4 Å². The summed E-state index contributed by atoms with van der Waals surface area (Å²) >= 11 is 0. The van der Waals surface area contributed by atoms with Crippen molar-refractivity contribution in [3.63, 3.8) is 0 Å².